The zero-order valence-electron chi connectivity index (χ0n) is 12.0. The Kier molecular flexibility index (Phi) is 3.81. The maximum atomic E-state index is 13.0. The van der Waals surface area contributed by atoms with Gasteiger partial charge < -0.3 is 4.90 Å². The number of nitrogens with zero attached hydrogens (tertiary/aromatic N) is 1. The van der Waals surface area contributed by atoms with Gasteiger partial charge in [0.05, 0.1) is 10.6 Å². The van der Waals surface area contributed by atoms with Gasteiger partial charge in [0.25, 0.3) is 0 Å². The van der Waals surface area contributed by atoms with Crippen LogP contribution in [-0.4, -0.2) is 6.54 Å². The van der Waals surface area contributed by atoms with Crippen LogP contribution in [0.15, 0.2) is 36.4 Å². The molecule has 1 heterocycles. The zero-order chi connectivity index (χ0) is 15.9. The predicted octanol–water partition coefficient (Wildman–Crippen LogP) is 5.23. The fourth-order valence-corrected chi connectivity index (χ4v) is 3.12. The third-order valence-electron chi connectivity index (χ3n) is 4.13. The molecule has 0 aromatic heterocycles. The predicted molar refractivity (Wildman–Crippen MR) is 82.4 cm³/mol. The molecule has 0 spiro atoms. The average molecular weight is 326 g/mol. The Morgan fingerprint density at radius 1 is 1.14 bits per heavy atom. The molecule has 0 bridgehead atoms. The third kappa shape index (κ3) is 2.80. The summed E-state index contributed by atoms with van der Waals surface area (Å²) in [6.45, 7) is 3.36. The second-order valence-electron chi connectivity index (χ2n) is 5.55. The number of hydrogen-bond donors (Lipinski definition) is 0. The van der Waals surface area contributed by atoms with E-state index in [0.29, 0.717) is 18.8 Å². The second kappa shape index (κ2) is 5.51. The van der Waals surface area contributed by atoms with Crippen molar-refractivity contribution >= 4 is 17.3 Å². The molecule has 0 saturated heterocycles. The molecule has 2 aromatic rings. The normalized spacial score (nSPS) is 14.9. The summed E-state index contributed by atoms with van der Waals surface area (Å²) in [5, 5.41) is -0.259. The second-order valence-corrected chi connectivity index (χ2v) is 5.95. The average Bonchev–Trinajstić information content (AvgIpc) is 2.47. The quantitative estimate of drug-likeness (QED) is 0.694. The van der Waals surface area contributed by atoms with E-state index in [-0.39, 0.29) is 5.02 Å². The van der Waals surface area contributed by atoms with E-state index in [1.54, 1.807) is 6.07 Å². The molecule has 22 heavy (non-hydrogen) atoms. The van der Waals surface area contributed by atoms with Gasteiger partial charge in [-0.3, -0.25) is 0 Å². The number of fused-ring (bicyclic) bond motifs is 1. The van der Waals surface area contributed by atoms with E-state index in [2.05, 4.69) is 6.07 Å². The van der Waals surface area contributed by atoms with Crippen LogP contribution in [0.3, 0.4) is 0 Å². The van der Waals surface area contributed by atoms with E-state index in [9.17, 15) is 13.2 Å². The molecule has 2 aromatic carbocycles. The number of alkyl halides is 3. The fourth-order valence-electron chi connectivity index (χ4n) is 2.90. The van der Waals surface area contributed by atoms with Gasteiger partial charge in [0.2, 0.25) is 0 Å². The Balaban J connectivity index is 1.95. The minimum absolute atomic E-state index is 0.259. The first-order valence-corrected chi connectivity index (χ1v) is 7.43. The lowest BCUT2D eigenvalue weighted by Gasteiger charge is -2.32. The Bertz CT molecular complexity index is 710. The summed E-state index contributed by atoms with van der Waals surface area (Å²) >= 11 is 5.69. The van der Waals surface area contributed by atoms with Gasteiger partial charge in [-0.2, -0.15) is 13.2 Å². The van der Waals surface area contributed by atoms with E-state index in [1.807, 2.05) is 24.0 Å². The van der Waals surface area contributed by atoms with Crippen molar-refractivity contribution in [3.63, 3.8) is 0 Å². The first kappa shape index (κ1) is 15.2. The fraction of sp³-hybridized carbons (Fsp3) is 0.294. The Labute approximate surface area is 132 Å². The highest BCUT2D eigenvalue weighted by Crippen LogP contribution is 2.38. The lowest BCUT2D eigenvalue weighted by atomic mass is 9.95. The Hall–Kier alpha value is -1.68. The van der Waals surface area contributed by atoms with Crippen molar-refractivity contribution in [1.29, 1.82) is 0 Å². The van der Waals surface area contributed by atoms with E-state index in [0.717, 1.165) is 12.5 Å². The molecule has 3 rings (SSSR count). The monoisotopic (exact) mass is 325 g/mol. The van der Waals surface area contributed by atoms with Crippen LogP contribution in [0, 0.1) is 6.92 Å². The van der Waals surface area contributed by atoms with Crippen LogP contribution in [0.1, 0.15) is 22.3 Å². The van der Waals surface area contributed by atoms with Gasteiger partial charge in [0.15, 0.2) is 0 Å². The van der Waals surface area contributed by atoms with Crippen LogP contribution in [-0.2, 0) is 19.1 Å². The number of anilines is 1. The largest absolute Gasteiger partial charge is 0.417 e. The molecular formula is C17H15ClF3N. The summed E-state index contributed by atoms with van der Waals surface area (Å²) in [5.74, 6) is 0. The zero-order valence-corrected chi connectivity index (χ0v) is 12.8. The highest BCUT2D eigenvalue weighted by Gasteiger charge is 2.34. The molecule has 1 aliphatic heterocycles. The number of halogens is 4. The van der Waals surface area contributed by atoms with Gasteiger partial charge in [0.1, 0.15) is 0 Å². The maximum Gasteiger partial charge on any atom is 0.417 e. The molecule has 1 nitrogen and oxygen atoms in total. The number of aryl methyl sites for hydroxylation is 1. The van der Waals surface area contributed by atoms with Gasteiger partial charge in [0, 0.05) is 18.8 Å². The lowest BCUT2D eigenvalue weighted by molar-refractivity contribution is -0.137. The van der Waals surface area contributed by atoms with Crippen LogP contribution >= 0.6 is 11.6 Å². The first-order valence-electron chi connectivity index (χ1n) is 7.05. The van der Waals surface area contributed by atoms with Crippen LogP contribution in [0.25, 0.3) is 0 Å². The minimum atomic E-state index is -4.43. The summed E-state index contributed by atoms with van der Waals surface area (Å²) in [5.41, 5.74) is 3.44. The van der Waals surface area contributed by atoms with Gasteiger partial charge in [-0.05, 0) is 48.2 Å². The summed E-state index contributed by atoms with van der Waals surface area (Å²) in [6, 6.07) is 10.3. The number of rotatable bonds is 1. The van der Waals surface area contributed by atoms with Gasteiger partial charge >= 0.3 is 6.18 Å². The van der Waals surface area contributed by atoms with Gasteiger partial charge in [-0.25, -0.2) is 0 Å². The Morgan fingerprint density at radius 3 is 2.64 bits per heavy atom. The topological polar surface area (TPSA) is 3.24 Å². The third-order valence-corrected chi connectivity index (χ3v) is 4.46. The van der Waals surface area contributed by atoms with Crippen molar-refractivity contribution in [3.8, 4) is 0 Å². The molecule has 0 amide bonds. The molecule has 0 aliphatic carbocycles. The van der Waals surface area contributed by atoms with Crippen molar-refractivity contribution in [2.45, 2.75) is 26.1 Å². The molecule has 0 atom stereocenters. The highest BCUT2D eigenvalue weighted by molar-refractivity contribution is 6.31. The van der Waals surface area contributed by atoms with Gasteiger partial charge in [-0.15, -0.1) is 0 Å². The highest BCUT2D eigenvalue weighted by atomic mass is 35.5. The van der Waals surface area contributed by atoms with E-state index in [1.165, 1.54) is 22.8 Å². The number of benzene rings is 2. The molecule has 0 radical (unpaired) electrons. The molecule has 0 fully saturated rings. The van der Waals surface area contributed by atoms with Crippen LogP contribution < -0.4 is 4.90 Å². The van der Waals surface area contributed by atoms with Crippen LogP contribution in [0.2, 0.25) is 5.02 Å². The van der Waals surface area contributed by atoms with E-state index >= 15 is 0 Å². The van der Waals surface area contributed by atoms with Crippen molar-refractivity contribution in [3.05, 3.63) is 63.7 Å². The SMILES string of the molecule is Cc1cccc2c1CN(c1ccc(Cl)c(C(F)(F)F)c1)CC2. The molecule has 1 aliphatic rings. The summed E-state index contributed by atoms with van der Waals surface area (Å²) in [6.07, 6.45) is -3.60. The van der Waals surface area contributed by atoms with Crippen molar-refractivity contribution in [1.82, 2.24) is 0 Å². The summed E-state index contributed by atoms with van der Waals surface area (Å²) < 4.78 is 39.0. The standard InChI is InChI=1S/C17H15ClF3N/c1-11-3-2-4-12-7-8-22(10-14(11)12)13-5-6-16(18)15(9-13)17(19,20)21/h2-6,9H,7-8,10H2,1H3. The maximum absolute atomic E-state index is 13.0. The van der Waals surface area contributed by atoms with E-state index < -0.39 is 11.7 Å². The smallest absolute Gasteiger partial charge is 0.367 e. The van der Waals surface area contributed by atoms with Crippen molar-refractivity contribution < 1.29 is 13.2 Å². The Morgan fingerprint density at radius 2 is 1.91 bits per heavy atom. The molecule has 0 N–H and O–H groups in total. The molecule has 5 heteroatoms. The van der Waals surface area contributed by atoms with Crippen LogP contribution in [0.5, 0.6) is 0 Å². The summed E-state index contributed by atoms with van der Waals surface area (Å²) in [7, 11) is 0. The lowest BCUT2D eigenvalue weighted by Crippen LogP contribution is -2.31. The van der Waals surface area contributed by atoms with Gasteiger partial charge in [-0.1, -0.05) is 29.8 Å². The van der Waals surface area contributed by atoms with E-state index in [4.69, 9.17) is 11.6 Å². The van der Waals surface area contributed by atoms with Crippen LogP contribution in [0.4, 0.5) is 18.9 Å². The first-order chi connectivity index (χ1) is 10.4. The molecule has 0 saturated carbocycles. The van der Waals surface area contributed by atoms with Crippen molar-refractivity contribution in [2.24, 2.45) is 0 Å². The molecule has 0 unspecified atom stereocenters. The number of hydrogen-bond acceptors (Lipinski definition) is 1. The molecular weight excluding hydrogens is 311 g/mol. The molecule has 116 valence electrons. The van der Waals surface area contributed by atoms with Crippen molar-refractivity contribution in [2.75, 3.05) is 11.4 Å². The summed E-state index contributed by atoms with van der Waals surface area (Å²) in [4.78, 5) is 1.97. The minimum Gasteiger partial charge on any atom is -0.367 e.